The number of hydrogen-bond donors (Lipinski definition) is 2. The van der Waals surface area contributed by atoms with Crippen molar-refractivity contribution in [2.75, 3.05) is 0 Å². The number of pyridine rings is 1. The van der Waals surface area contributed by atoms with Crippen molar-refractivity contribution in [1.82, 2.24) is 14.5 Å². The Morgan fingerprint density at radius 2 is 1.62 bits per heavy atom. The highest BCUT2D eigenvalue weighted by Crippen LogP contribution is 2.39. The third-order valence-corrected chi connectivity index (χ3v) is 7.45. The van der Waals surface area contributed by atoms with Crippen LogP contribution in [0, 0.1) is 0 Å². The Labute approximate surface area is 231 Å². The molecule has 0 bridgehead atoms. The van der Waals surface area contributed by atoms with Gasteiger partial charge in [0.05, 0.1) is 18.2 Å². The van der Waals surface area contributed by atoms with Crippen LogP contribution in [-0.4, -0.2) is 19.6 Å². The zero-order valence-electron chi connectivity index (χ0n) is 21.3. The molecule has 39 heavy (non-hydrogen) atoms. The molecule has 0 radical (unpaired) electrons. The summed E-state index contributed by atoms with van der Waals surface area (Å²) in [5.74, 6) is 0. The molecule has 2 N–H and O–H groups in total. The van der Waals surface area contributed by atoms with E-state index in [0.29, 0.717) is 27.4 Å². The van der Waals surface area contributed by atoms with Crippen LogP contribution in [0.4, 0.5) is 0 Å². The molecule has 6 rings (SSSR count). The predicted octanol–water partition coefficient (Wildman–Crippen LogP) is 6.46. The van der Waals surface area contributed by atoms with E-state index in [-0.39, 0.29) is 5.56 Å². The lowest BCUT2D eigenvalue weighted by molar-refractivity contribution is 0.117. The molecule has 0 aliphatic rings. The zero-order chi connectivity index (χ0) is 27.0. The van der Waals surface area contributed by atoms with Gasteiger partial charge < -0.3 is 14.7 Å². The minimum atomic E-state index is -1.51. The number of aliphatic hydroxyl groups is 1. The molecule has 0 saturated carbocycles. The molecule has 0 aliphatic heterocycles. The molecule has 2 aromatic heterocycles. The topological polar surface area (TPSA) is 70.9 Å². The highest BCUT2D eigenvalue weighted by atomic mass is 35.5. The van der Waals surface area contributed by atoms with Gasteiger partial charge in [0.15, 0.2) is 5.60 Å². The van der Waals surface area contributed by atoms with Crippen molar-refractivity contribution in [2.24, 2.45) is 7.05 Å². The number of hydrogen-bond acceptors (Lipinski definition) is 3. The normalized spacial score (nSPS) is 12.9. The number of benzene rings is 4. The summed E-state index contributed by atoms with van der Waals surface area (Å²) >= 11 is 6.18. The molecule has 0 amide bonds. The van der Waals surface area contributed by atoms with Gasteiger partial charge in [-0.05, 0) is 64.1 Å². The molecule has 6 aromatic rings. The number of nitrogens with zero attached hydrogens (tertiary/aromatic N) is 2. The highest BCUT2D eigenvalue weighted by Gasteiger charge is 2.36. The van der Waals surface area contributed by atoms with Crippen LogP contribution < -0.4 is 5.56 Å². The summed E-state index contributed by atoms with van der Waals surface area (Å²) in [6.07, 6.45) is 4.12. The Balaban J connectivity index is 1.53. The van der Waals surface area contributed by atoms with Crippen molar-refractivity contribution in [3.8, 4) is 11.1 Å². The van der Waals surface area contributed by atoms with Crippen molar-refractivity contribution < 1.29 is 5.11 Å². The first-order valence-corrected chi connectivity index (χ1v) is 13.1. The summed E-state index contributed by atoms with van der Waals surface area (Å²) in [4.78, 5) is 19.9. The summed E-state index contributed by atoms with van der Waals surface area (Å²) in [5.41, 5.74) is 5.03. The predicted molar refractivity (Wildman–Crippen MR) is 156 cm³/mol. The Morgan fingerprint density at radius 3 is 2.36 bits per heavy atom. The number of rotatable bonds is 6. The van der Waals surface area contributed by atoms with Crippen LogP contribution in [0.15, 0.2) is 120 Å². The van der Waals surface area contributed by atoms with Crippen molar-refractivity contribution >= 4 is 22.5 Å². The van der Waals surface area contributed by atoms with Gasteiger partial charge in [-0.1, -0.05) is 84.4 Å². The van der Waals surface area contributed by atoms with Gasteiger partial charge >= 0.3 is 0 Å². The summed E-state index contributed by atoms with van der Waals surface area (Å²) in [6.45, 7) is 0. The van der Waals surface area contributed by atoms with Crippen molar-refractivity contribution in [3.05, 3.63) is 159 Å². The fraction of sp³-hybridized carbons (Fsp3) is 0.0909. The van der Waals surface area contributed by atoms with E-state index < -0.39 is 5.60 Å². The number of nitrogens with one attached hydrogen (secondary N) is 1. The second-order valence-corrected chi connectivity index (χ2v) is 10.2. The molecule has 0 spiro atoms. The molecule has 4 aromatic carbocycles. The van der Waals surface area contributed by atoms with E-state index in [9.17, 15) is 9.90 Å². The SMILES string of the molecule is Cn1cncc1C(O)(c1ccc(Cl)cc1)c1ccc2[nH]c(=O)cc(-c3cccc(Cc4ccccc4)c3)c2c1. The molecular formula is C33H26ClN3O2. The number of fused-ring (bicyclic) bond motifs is 1. The summed E-state index contributed by atoms with van der Waals surface area (Å²) < 4.78 is 1.81. The lowest BCUT2D eigenvalue weighted by Gasteiger charge is -2.30. The van der Waals surface area contributed by atoms with Crippen LogP contribution in [0.1, 0.15) is 27.9 Å². The van der Waals surface area contributed by atoms with Gasteiger partial charge in [0.25, 0.3) is 0 Å². The minimum absolute atomic E-state index is 0.182. The first-order chi connectivity index (χ1) is 18.9. The molecule has 2 heterocycles. The number of H-pyrrole nitrogens is 1. The average Bonchev–Trinajstić information content (AvgIpc) is 3.39. The molecule has 1 atom stereocenters. The van der Waals surface area contributed by atoms with Gasteiger partial charge in [-0.3, -0.25) is 4.79 Å². The van der Waals surface area contributed by atoms with E-state index in [1.807, 2.05) is 67.7 Å². The van der Waals surface area contributed by atoms with E-state index in [2.05, 4.69) is 34.2 Å². The zero-order valence-corrected chi connectivity index (χ0v) is 22.1. The van der Waals surface area contributed by atoms with E-state index >= 15 is 0 Å². The number of halogens is 1. The molecule has 5 nitrogen and oxygen atoms in total. The lowest BCUT2D eigenvalue weighted by Crippen LogP contribution is -2.31. The second kappa shape index (κ2) is 10.0. The first kappa shape index (κ1) is 24.9. The lowest BCUT2D eigenvalue weighted by atomic mass is 9.82. The smallest absolute Gasteiger partial charge is 0.249 e. The Bertz CT molecular complexity index is 1840. The average molecular weight is 532 g/mol. The van der Waals surface area contributed by atoms with Crippen LogP contribution >= 0.6 is 11.6 Å². The largest absolute Gasteiger partial charge is 0.374 e. The summed E-state index contributed by atoms with van der Waals surface area (Å²) in [5, 5.41) is 13.8. The third-order valence-electron chi connectivity index (χ3n) is 7.20. The molecule has 0 saturated heterocycles. The standard InChI is InChI=1S/C33H26ClN3O2/c1-37-21-35-20-31(37)33(39,25-10-13-27(34)14-11-25)26-12-15-30-29(18-26)28(19-32(38)36-30)24-9-5-8-23(17-24)16-22-6-3-2-4-7-22/h2-15,17-21,39H,16H2,1H3,(H,36,38). The maximum atomic E-state index is 12.7. The van der Waals surface area contributed by atoms with Crippen molar-refractivity contribution in [2.45, 2.75) is 12.0 Å². The fourth-order valence-electron chi connectivity index (χ4n) is 5.26. The molecule has 192 valence electrons. The maximum absolute atomic E-state index is 12.7. The minimum Gasteiger partial charge on any atom is -0.374 e. The van der Waals surface area contributed by atoms with Gasteiger partial charge in [0.2, 0.25) is 5.56 Å². The number of aromatic amines is 1. The van der Waals surface area contributed by atoms with Crippen LogP contribution in [0.3, 0.4) is 0 Å². The van der Waals surface area contributed by atoms with Crippen molar-refractivity contribution in [1.29, 1.82) is 0 Å². The molecule has 0 aliphatic carbocycles. The molecule has 0 fully saturated rings. The molecule has 6 heteroatoms. The van der Waals surface area contributed by atoms with E-state index in [1.54, 1.807) is 35.3 Å². The maximum Gasteiger partial charge on any atom is 0.249 e. The van der Waals surface area contributed by atoms with Crippen molar-refractivity contribution in [3.63, 3.8) is 0 Å². The van der Waals surface area contributed by atoms with E-state index in [4.69, 9.17) is 11.6 Å². The van der Waals surface area contributed by atoms with Gasteiger partial charge in [-0.2, -0.15) is 0 Å². The Kier molecular flexibility index (Phi) is 6.39. The number of aryl methyl sites for hydroxylation is 1. The van der Waals surface area contributed by atoms with Crippen LogP contribution in [0.5, 0.6) is 0 Å². The number of imidazole rings is 1. The first-order valence-electron chi connectivity index (χ1n) is 12.7. The quantitative estimate of drug-likeness (QED) is 0.259. The molecular weight excluding hydrogens is 506 g/mol. The summed E-state index contributed by atoms with van der Waals surface area (Å²) in [6, 6.07) is 33.0. The van der Waals surface area contributed by atoms with Crippen LogP contribution in [0.25, 0.3) is 22.0 Å². The van der Waals surface area contributed by atoms with Gasteiger partial charge in [-0.15, -0.1) is 0 Å². The summed E-state index contributed by atoms with van der Waals surface area (Å²) in [7, 11) is 1.85. The fourth-order valence-corrected chi connectivity index (χ4v) is 5.38. The highest BCUT2D eigenvalue weighted by molar-refractivity contribution is 6.30. The van der Waals surface area contributed by atoms with E-state index in [0.717, 1.165) is 28.5 Å². The monoisotopic (exact) mass is 531 g/mol. The van der Waals surface area contributed by atoms with Gasteiger partial charge in [0.1, 0.15) is 0 Å². The Hall–Kier alpha value is -4.45. The second-order valence-electron chi connectivity index (χ2n) is 9.78. The third kappa shape index (κ3) is 4.67. The molecule has 1 unspecified atom stereocenters. The van der Waals surface area contributed by atoms with E-state index in [1.165, 1.54) is 5.56 Å². The number of aromatic nitrogens is 3. The van der Waals surface area contributed by atoms with Crippen LogP contribution in [0.2, 0.25) is 5.02 Å². The Morgan fingerprint density at radius 1 is 0.872 bits per heavy atom. The van der Waals surface area contributed by atoms with Gasteiger partial charge in [-0.25, -0.2) is 4.98 Å². The van der Waals surface area contributed by atoms with Crippen LogP contribution in [-0.2, 0) is 19.1 Å². The van der Waals surface area contributed by atoms with Gasteiger partial charge in [0, 0.05) is 29.0 Å².